The van der Waals surface area contributed by atoms with Crippen LogP contribution in [0.1, 0.15) is 24.7 Å². The van der Waals surface area contributed by atoms with Crippen molar-refractivity contribution in [1.29, 1.82) is 0 Å². The number of hydrogen-bond acceptors (Lipinski definition) is 3. The second kappa shape index (κ2) is 7.54. The molecule has 5 heteroatoms. The number of carbonyl (C=O) groups excluding carboxylic acids is 1. The first-order valence-corrected chi connectivity index (χ1v) is 8.57. The first-order chi connectivity index (χ1) is 12.5. The van der Waals surface area contributed by atoms with Gasteiger partial charge in [0.05, 0.1) is 30.5 Å². The SMILES string of the molecule is CN(Cc1ncc(-c2ccccc2)[nH]1)C(=O)CC(C)(O)c1ccccc1. The van der Waals surface area contributed by atoms with E-state index in [-0.39, 0.29) is 12.3 Å². The number of rotatable bonds is 6. The highest BCUT2D eigenvalue weighted by Crippen LogP contribution is 2.25. The molecule has 3 aromatic rings. The zero-order valence-corrected chi connectivity index (χ0v) is 15.0. The van der Waals surface area contributed by atoms with Crippen LogP contribution in [0.4, 0.5) is 0 Å². The van der Waals surface area contributed by atoms with Gasteiger partial charge in [0.2, 0.25) is 5.91 Å². The minimum atomic E-state index is -1.20. The van der Waals surface area contributed by atoms with E-state index >= 15 is 0 Å². The molecular weight excluding hydrogens is 326 g/mol. The predicted molar refractivity (Wildman–Crippen MR) is 101 cm³/mol. The number of nitrogens with one attached hydrogen (secondary N) is 1. The van der Waals surface area contributed by atoms with Crippen molar-refractivity contribution in [2.24, 2.45) is 0 Å². The lowest BCUT2D eigenvalue weighted by atomic mass is 9.92. The van der Waals surface area contributed by atoms with E-state index in [1.54, 1.807) is 25.1 Å². The maximum absolute atomic E-state index is 12.5. The number of nitrogens with zero attached hydrogens (tertiary/aromatic N) is 2. The Balaban J connectivity index is 1.64. The van der Waals surface area contributed by atoms with Crippen LogP contribution in [0.3, 0.4) is 0 Å². The summed E-state index contributed by atoms with van der Waals surface area (Å²) < 4.78 is 0. The smallest absolute Gasteiger partial charge is 0.225 e. The van der Waals surface area contributed by atoms with E-state index in [0.717, 1.165) is 16.8 Å². The van der Waals surface area contributed by atoms with Crippen molar-refractivity contribution in [2.75, 3.05) is 7.05 Å². The van der Waals surface area contributed by atoms with Crippen LogP contribution >= 0.6 is 0 Å². The highest BCUT2D eigenvalue weighted by molar-refractivity contribution is 5.77. The summed E-state index contributed by atoms with van der Waals surface area (Å²) in [5.74, 6) is 0.565. The highest BCUT2D eigenvalue weighted by atomic mass is 16.3. The fourth-order valence-corrected chi connectivity index (χ4v) is 2.85. The summed E-state index contributed by atoms with van der Waals surface area (Å²) in [5.41, 5.74) is 1.49. The molecule has 0 aliphatic rings. The van der Waals surface area contributed by atoms with Crippen LogP contribution in [0, 0.1) is 0 Å². The van der Waals surface area contributed by atoms with Crippen LogP contribution < -0.4 is 0 Å². The van der Waals surface area contributed by atoms with Crippen LogP contribution in [0.15, 0.2) is 66.9 Å². The lowest BCUT2D eigenvalue weighted by Crippen LogP contribution is -2.34. The molecule has 3 rings (SSSR count). The second-order valence-corrected chi connectivity index (χ2v) is 6.68. The average Bonchev–Trinajstić information content (AvgIpc) is 3.11. The largest absolute Gasteiger partial charge is 0.385 e. The number of hydrogen-bond donors (Lipinski definition) is 2. The molecule has 0 aliphatic heterocycles. The fraction of sp³-hybridized carbons (Fsp3) is 0.238. The molecule has 26 heavy (non-hydrogen) atoms. The van der Waals surface area contributed by atoms with Gasteiger partial charge in [0.15, 0.2) is 0 Å². The molecule has 2 aromatic carbocycles. The van der Waals surface area contributed by atoms with Gasteiger partial charge in [-0.25, -0.2) is 4.98 Å². The molecule has 0 bridgehead atoms. The maximum Gasteiger partial charge on any atom is 0.225 e. The van der Waals surface area contributed by atoms with Gasteiger partial charge in [-0.2, -0.15) is 0 Å². The van der Waals surface area contributed by atoms with E-state index in [4.69, 9.17) is 0 Å². The topological polar surface area (TPSA) is 69.2 Å². The average molecular weight is 349 g/mol. The number of aromatic amines is 1. The van der Waals surface area contributed by atoms with Crippen LogP contribution in [0.2, 0.25) is 0 Å². The lowest BCUT2D eigenvalue weighted by Gasteiger charge is -2.26. The van der Waals surface area contributed by atoms with Crippen molar-refractivity contribution in [3.63, 3.8) is 0 Å². The van der Waals surface area contributed by atoms with Crippen molar-refractivity contribution in [3.8, 4) is 11.3 Å². The second-order valence-electron chi connectivity index (χ2n) is 6.68. The molecule has 1 atom stereocenters. The summed E-state index contributed by atoms with van der Waals surface area (Å²) in [6.07, 6.45) is 1.78. The Bertz CT molecular complexity index is 857. The summed E-state index contributed by atoms with van der Waals surface area (Å²) in [5, 5.41) is 10.7. The third kappa shape index (κ3) is 4.18. The van der Waals surface area contributed by atoms with Gasteiger partial charge in [0.25, 0.3) is 0 Å². The van der Waals surface area contributed by atoms with Gasteiger partial charge < -0.3 is 15.0 Å². The first-order valence-electron chi connectivity index (χ1n) is 8.57. The van der Waals surface area contributed by atoms with E-state index < -0.39 is 5.60 Å². The summed E-state index contributed by atoms with van der Waals surface area (Å²) >= 11 is 0. The number of imidazole rings is 1. The van der Waals surface area contributed by atoms with E-state index in [2.05, 4.69) is 9.97 Å². The van der Waals surface area contributed by atoms with Gasteiger partial charge in [-0.1, -0.05) is 60.7 Å². The van der Waals surface area contributed by atoms with Gasteiger partial charge in [0, 0.05) is 7.05 Å². The molecule has 5 nitrogen and oxygen atoms in total. The van der Waals surface area contributed by atoms with Gasteiger partial charge in [0.1, 0.15) is 5.82 Å². The molecule has 0 saturated carbocycles. The molecule has 0 spiro atoms. The summed E-state index contributed by atoms with van der Waals surface area (Å²) in [6.45, 7) is 2.02. The maximum atomic E-state index is 12.5. The fourth-order valence-electron chi connectivity index (χ4n) is 2.85. The van der Waals surface area contributed by atoms with Gasteiger partial charge in [-0.05, 0) is 18.1 Å². The van der Waals surface area contributed by atoms with E-state index in [1.165, 1.54) is 0 Å². The Morgan fingerprint density at radius 3 is 2.38 bits per heavy atom. The standard InChI is InChI=1S/C21H23N3O2/c1-21(26,17-11-7-4-8-12-17)13-20(25)24(2)15-19-22-14-18(23-19)16-9-5-3-6-10-16/h3-12,14,26H,13,15H2,1-2H3,(H,22,23). The van der Waals surface area contributed by atoms with Crippen molar-refractivity contribution in [1.82, 2.24) is 14.9 Å². The zero-order valence-electron chi connectivity index (χ0n) is 15.0. The van der Waals surface area contributed by atoms with Crippen LogP contribution in [0.5, 0.6) is 0 Å². The van der Waals surface area contributed by atoms with E-state index in [0.29, 0.717) is 12.4 Å². The molecule has 1 unspecified atom stereocenters. The monoisotopic (exact) mass is 349 g/mol. The Kier molecular flexibility index (Phi) is 5.19. The lowest BCUT2D eigenvalue weighted by molar-refractivity contribution is -0.135. The number of H-pyrrole nitrogens is 1. The summed E-state index contributed by atoms with van der Waals surface area (Å²) in [6, 6.07) is 19.1. The molecule has 1 aromatic heterocycles. The molecule has 134 valence electrons. The van der Waals surface area contributed by atoms with Crippen LogP contribution in [-0.2, 0) is 16.9 Å². The van der Waals surface area contributed by atoms with Crippen molar-refractivity contribution < 1.29 is 9.90 Å². The highest BCUT2D eigenvalue weighted by Gasteiger charge is 2.28. The minimum Gasteiger partial charge on any atom is -0.385 e. The minimum absolute atomic E-state index is 0.0137. The Morgan fingerprint density at radius 1 is 1.12 bits per heavy atom. The summed E-state index contributed by atoms with van der Waals surface area (Å²) in [7, 11) is 1.72. The van der Waals surface area contributed by atoms with Crippen molar-refractivity contribution in [2.45, 2.75) is 25.5 Å². The van der Waals surface area contributed by atoms with Crippen molar-refractivity contribution in [3.05, 3.63) is 78.2 Å². The molecule has 2 N–H and O–H groups in total. The van der Waals surface area contributed by atoms with E-state index in [1.807, 2.05) is 60.7 Å². The zero-order chi connectivity index (χ0) is 18.6. The molecule has 1 heterocycles. The number of aromatic nitrogens is 2. The Hall–Kier alpha value is -2.92. The molecule has 0 radical (unpaired) electrons. The Morgan fingerprint density at radius 2 is 1.73 bits per heavy atom. The summed E-state index contributed by atoms with van der Waals surface area (Å²) in [4.78, 5) is 21.7. The first kappa shape index (κ1) is 17.9. The van der Waals surface area contributed by atoms with Crippen LogP contribution in [-0.4, -0.2) is 32.9 Å². The molecule has 0 aliphatic carbocycles. The Labute approximate surface area is 153 Å². The van der Waals surface area contributed by atoms with E-state index in [9.17, 15) is 9.90 Å². The van der Waals surface area contributed by atoms with Crippen LogP contribution in [0.25, 0.3) is 11.3 Å². The third-order valence-electron chi connectivity index (χ3n) is 4.42. The number of amides is 1. The molecule has 1 amide bonds. The van der Waals surface area contributed by atoms with Crippen molar-refractivity contribution >= 4 is 5.91 Å². The molecule has 0 fully saturated rings. The molecular formula is C21H23N3O2. The predicted octanol–water partition coefficient (Wildman–Crippen LogP) is 3.33. The number of carbonyl (C=O) groups is 1. The molecule has 0 saturated heterocycles. The number of benzene rings is 2. The third-order valence-corrected chi connectivity index (χ3v) is 4.42. The quantitative estimate of drug-likeness (QED) is 0.717. The van der Waals surface area contributed by atoms with Gasteiger partial charge >= 0.3 is 0 Å². The van der Waals surface area contributed by atoms with Gasteiger partial charge in [-0.15, -0.1) is 0 Å². The number of aliphatic hydroxyl groups is 1. The van der Waals surface area contributed by atoms with Gasteiger partial charge in [-0.3, -0.25) is 4.79 Å². The normalized spacial score (nSPS) is 13.2.